The summed E-state index contributed by atoms with van der Waals surface area (Å²) in [5.74, 6) is 0. The lowest BCUT2D eigenvalue weighted by molar-refractivity contribution is -0.384. The summed E-state index contributed by atoms with van der Waals surface area (Å²) in [7, 11) is 0. The number of rotatable bonds is 2. The molecule has 0 spiro atoms. The van der Waals surface area contributed by atoms with Crippen LogP contribution in [0.4, 0.5) is 5.69 Å². The van der Waals surface area contributed by atoms with Gasteiger partial charge >= 0.3 is 0 Å². The number of hydrogen-bond donors (Lipinski definition) is 0. The molecule has 0 atom stereocenters. The first kappa shape index (κ1) is 15.2. The van der Waals surface area contributed by atoms with Crippen molar-refractivity contribution in [3.8, 4) is 11.3 Å². The van der Waals surface area contributed by atoms with Crippen LogP contribution in [0.1, 0.15) is 0 Å². The second-order valence-electron chi connectivity index (χ2n) is 6.21. The molecule has 0 fully saturated rings. The highest BCUT2D eigenvalue weighted by Crippen LogP contribution is 2.42. The van der Waals surface area contributed by atoms with Crippen LogP contribution in [0, 0.1) is 10.1 Å². The molecule has 26 heavy (non-hydrogen) atoms. The average Bonchev–Trinajstić information content (AvgIpc) is 2.67. The number of halogens is 1. The van der Waals surface area contributed by atoms with Gasteiger partial charge in [0.05, 0.1) is 4.92 Å². The van der Waals surface area contributed by atoms with Crippen LogP contribution < -0.4 is 0 Å². The molecule has 0 unspecified atom stereocenters. The third-order valence-corrected chi connectivity index (χ3v) is 5.54. The molecule has 5 aromatic rings. The highest BCUT2D eigenvalue weighted by Gasteiger charge is 2.20. The maximum atomic E-state index is 11.5. The summed E-state index contributed by atoms with van der Waals surface area (Å²) in [6.07, 6.45) is 1.59. The van der Waals surface area contributed by atoms with E-state index in [9.17, 15) is 10.1 Å². The van der Waals surface area contributed by atoms with Gasteiger partial charge in [-0.05, 0) is 44.5 Å². The SMILES string of the molecule is O=[N+]([O-])c1cccnc1-c1ccc2ccc3c(Br)ccc4ccc1c2c43. The molecule has 0 amide bonds. The fourth-order valence-corrected chi connectivity index (χ4v) is 4.19. The zero-order valence-electron chi connectivity index (χ0n) is 13.4. The molecule has 0 aliphatic carbocycles. The summed E-state index contributed by atoms with van der Waals surface area (Å²) in [6.45, 7) is 0. The van der Waals surface area contributed by atoms with Gasteiger partial charge in [0.15, 0.2) is 0 Å². The molecule has 124 valence electrons. The van der Waals surface area contributed by atoms with Crippen molar-refractivity contribution < 1.29 is 4.92 Å². The van der Waals surface area contributed by atoms with Crippen molar-refractivity contribution in [2.45, 2.75) is 0 Å². The van der Waals surface area contributed by atoms with E-state index in [4.69, 9.17) is 0 Å². The fraction of sp³-hybridized carbons (Fsp3) is 0. The number of benzene rings is 4. The van der Waals surface area contributed by atoms with Crippen LogP contribution in [-0.4, -0.2) is 9.91 Å². The van der Waals surface area contributed by atoms with E-state index in [2.05, 4.69) is 45.2 Å². The zero-order chi connectivity index (χ0) is 17.8. The Morgan fingerprint density at radius 3 is 2.27 bits per heavy atom. The second kappa shape index (κ2) is 5.47. The summed E-state index contributed by atoms with van der Waals surface area (Å²) in [5, 5.41) is 18.1. The molecule has 4 aromatic carbocycles. The number of hydrogen-bond acceptors (Lipinski definition) is 3. The maximum absolute atomic E-state index is 11.5. The lowest BCUT2D eigenvalue weighted by Crippen LogP contribution is -1.95. The van der Waals surface area contributed by atoms with Gasteiger partial charge in [0.25, 0.3) is 5.69 Å². The molecule has 0 bridgehead atoms. The van der Waals surface area contributed by atoms with Crippen molar-refractivity contribution in [2.24, 2.45) is 0 Å². The number of nitrogens with zero attached hydrogens (tertiary/aromatic N) is 2. The van der Waals surface area contributed by atoms with Gasteiger partial charge in [0.1, 0.15) is 5.69 Å². The van der Waals surface area contributed by atoms with Crippen LogP contribution in [0.3, 0.4) is 0 Å². The van der Waals surface area contributed by atoms with Gasteiger partial charge in [-0.2, -0.15) is 0 Å². The first-order chi connectivity index (χ1) is 12.6. The number of pyridine rings is 1. The normalized spacial score (nSPS) is 11.6. The zero-order valence-corrected chi connectivity index (χ0v) is 15.0. The standard InChI is InChI=1S/C21H11BrN2O2/c22-17-10-6-13-3-7-14-15(21-18(24(25)26)2-1-11-23-21)8-4-12-5-9-16(17)20(13)19(12)14/h1-11H. The molecule has 0 aliphatic rings. The molecular weight excluding hydrogens is 392 g/mol. The minimum Gasteiger partial charge on any atom is -0.258 e. The van der Waals surface area contributed by atoms with Gasteiger partial charge in [-0.15, -0.1) is 0 Å². The molecule has 0 N–H and O–H groups in total. The van der Waals surface area contributed by atoms with Crippen molar-refractivity contribution in [3.05, 3.63) is 81.4 Å². The van der Waals surface area contributed by atoms with Crippen molar-refractivity contribution in [1.82, 2.24) is 4.98 Å². The predicted molar refractivity (Wildman–Crippen MR) is 108 cm³/mol. The van der Waals surface area contributed by atoms with Crippen LogP contribution in [0.15, 0.2) is 71.3 Å². The Labute approximate surface area is 156 Å². The molecule has 4 nitrogen and oxygen atoms in total. The van der Waals surface area contributed by atoms with Crippen LogP contribution in [0.25, 0.3) is 43.6 Å². The van der Waals surface area contributed by atoms with E-state index in [-0.39, 0.29) is 10.6 Å². The summed E-state index contributed by atoms with van der Waals surface area (Å²) in [4.78, 5) is 15.4. The summed E-state index contributed by atoms with van der Waals surface area (Å²) in [6, 6.07) is 19.4. The van der Waals surface area contributed by atoms with E-state index < -0.39 is 0 Å². The van der Waals surface area contributed by atoms with E-state index in [1.807, 2.05) is 24.3 Å². The summed E-state index contributed by atoms with van der Waals surface area (Å²) >= 11 is 3.63. The smallest absolute Gasteiger partial charge is 0.258 e. The fourth-order valence-electron chi connectivity index (χ4n) is 3.72. The quantitative estimate of drug-likeness (QED) is 0.197. The topological polar surface area (TPSA) is 56.0 Å². The third-order valence-electron chi connectivity index (χ3n) is 4.85. The van der Waals surface area contributed by atoms with Crippen molar-refractivity contribution in [2.75, 3.05) is 0 Å². The van der Waals surface area contributed by atoms with Crippen LogP contribution in [0.2, 0.25) is 0 Å². The van der Waals surface area contributed by atoms with E-state index in [1.54, 1.807) is 12.3 Å². The number of nitro groups is 1. The van der Waals surface area contributed by atoms with Gasteiger partial charge in [0.2, 0.25) is 0 Å². The monoisotopic (exact) mass is 402 g/mol. The molecule has 1 heterocycles. The lowest BCUT2D eigenvalue weighted by atomic mass is 9.91. The molecule has 5 rings (SSSR count). The average molecular weight is 403 g/mol. The minimum absolute atomic E-state index is 0.0173. The molecule has 5 heteroatoms. The van der Waals surface area contributed by atoms with Gasteiger partial charge in [0, 0.05) is 22.3 Å². The Morgan fingerprint density at radius 2 is 1.50 bits per heavy atom. The Hall–Kier alpha value is -3.05. The number of aromatic nitrogens is 1. The second-order valence-corrected chi connectivity index (χ2v) is 7.07. The molecule has 0 saturated carbocycles. The Morgan fingerprint density at radius 1 is 0.846 bits per heavy atom. The highest BCUT2D eigenvalue weighted by molar-refractivity contribution is 9.10. The van der Waals surface area contributed by atoms with Crippen LogP contribution >= 0.6 is 15.9 Å². The van der Waals surface area contributed by atoms with Gasteiger partial charge in [-0.1, -0.05) is 58.4 Å². The minimum atomic E-state index is -0.378. The van der Waals surface area contributed by atoms with Crippen molar-refractivity contribution in [1.29, 1.82) is 0 Å². The van der Waals surface area contributed by atoms with Crippen LogP contribution in [0.5, 0.6) is 0 Å². The van der Waals surface area contributed by atoms with E-state index in [0.717, 1.165) is 42.4 Å². The first-order valence-corrected chi connectivity index (χ1v) is 8.90. The largest absolute Gasteiger partial charge is 0.295 e. The third kappa shape index (κ3) is 2.04. The molecule has 0 radical (unpaired) electrons. The summed E-state index contributed by atoms with van der Waals surface area (Å²) in [5.41, 5.74) is 1.19. The highest BCUT2D eigenvalue weighted by atomic mass is 79.9. The summed E-state index contributed by atoms with van der Waals surface area (Å²) < 4.78 is 1.04. The Bertz CT molecular complexity index is 1330. The van der Waals surface area contributed by atoms with Gasteiger partial charge in [-0.25, -0.2) is 4.98 Å². The van der Waals surface area contributed by atoms with Crippen molar-refractivity contribution >= 4 is 53.9 Å². The molecule has 0 saturated heterocycles. The van der Waals surface area contributed by atoms with Gasteiger partial charge < -0.3 is 0 Å². The van der Waals surface area contributed by atoms with Crippen molar-refractivity contribution in [3.63, 3.8) is 0 Å². The molecule has 0 aliphatic heterocycles. The van der Waals surface area contributed by atoms with E-state index in [1.165, 1.54) is 6.07 Å². The Balaban J connectivity index is 1.98. The maximum Gasteiger partial charge on any atom is 0.295 e. The Kier molecular flexibility index (Phi) is 3.21. The molecular formula is C21H11BrN2O2. The lowest BCUT2D eigenvalue weighted by Gasteiger charge is -2.14. The van der Waals surface area contributed by atoms with E-state index in [0.29, 0.717) is 5.69 Å². The molecule has 1 aromatic heterocycles. The van der Waals surface area contributed by atoms with Crippen LogP contribution in [-0.2, 0) is 0 Å². The first-order valence-electron chi connectivity index (χ1n) is 8.11. The predicted octanol–water partition coefficient (Wildman–Crippen LogP) is 6.32. The van der Waals surface area contributed by atoms with Gasteiger partial charge in [-0.3, -0.25) is 10.1 Å². The van der Waals surface area contributed by atoms with E-state index >= 15 is 0 Å².